The van der Waals surface area contributed by atoms with Crippen LogP contribution in [-0.4, -0.2) is 16.2 Å². The van der Waals surface area contributed by atoms with E-state index in [0.29, 0.717) is 17.4 Å². The fraction of sp³-hybridized carbons (Fsp3) is 0.0870. The minimum Gasteiger partial charge on any atom is -0.334 e. The first-order chi connectivity index (χ1) is 14.1. The van der Waals surface area contributed by atoms with Crippen molar-refractivity contribution in [2.45, 2.75) is 13.8 Å². The molecule has 4 aromatic rings. The molecule has 6 heteroatoms. The van der Waals surface area contributed by atoms with Crippen LogP contribution in [0.5, 0.6) is 0 Å². The summed E-state index contributed by atoms with van der Waals surface area (Å²) in [5.74, 6) is 0.925. The van der Waals surface area contributed by atoms with Crippen LogP contribution in [0.2, 0.25) is 0 Å². The van der Waals surface area contributed by atoms with Gasteiger partial charge in [0.2, 0.25) is 5.82 Å². The quantitative estimate of drug-likeness (QED) is 0.475. The number of nitrogens with one attached hydrogen (secondary N) is 2. The minimum atomic E-state index is -0.322. The number of rotatable bonds is 4. The van der Waals surface area contributed by atoms with Crippen molar-refractivity contribution < 1.29 is 9.32 Å². The van der Waals surface area contributed by atoms with E-state index in [2.05, 4.69) is 27.7 Å². The number of aromatic nitrogens is 2. The Morgan fingerprint density at radius 2 is 1.55 bits per heavy atom. The van der Waals surface area contributed by atoms with Crippen LogP contribution in [0.3, 0.4) is 0 Å². The Morgan fingerprint density at radius 1 is 0.793 bits per heavy atom. The Kier molecular flexibility index (Phi) is 5.07. The van der Waals surface area contributed by atoms with Gasteiger partial charge in [-0.25, -0.2) is 4.79 Å². The molecule has 0 fully saturated rings. The molecule has 1 aromatic heterocycles. The summed E-state index contributed by atoms with van der Waals surface area (Å²) in [5, 5.41) is 9.69. The molecule has 0 saturated carbocycles. The number of carbonyl (C=O) groups excluding carboxylic acids is 1. The zero-order valence-electron chi connectivity index (χ0n) is 16.1. The second-order valence-electron chi connectivity index (χ2n) is 6.75. The van der Waals surface area contributed by atoms with Crippen LogP contribution in [0, 0.1) is 13.8 Å². The zero-order valence-corrected chi connectivity index (χ0v) is 16.1. The second-order valence-corrected chi connectivity index (χ2v) is 6.75. The molecule has 3 aromatic carbocycles. The molecule has 1 heterocycles. The second kappa shape index (κ2) is 7.98. The van der Waals surface area contributed by atoms with Crippen LogP contribution in [0.4, 0.5) is 16.2 Å². The number of anilines is 2. The van der Waals surface area contributed by atoms with Gasteiger partial charge in [-0.05, 0) is 61.4 Å². The highest BCUT2D eigenvalue weighted by Crippen LogP contribution is 2.25. The molecule has 0 spiro atoms. The van der Waals surface area contributed by atoms with Crippen molar-refractivity contribution in [1.82, 2.24) is 10.1 Å². The molecule has 0 unspecified atom stereocenters. The van der Waals surface area contributed by atoms with Crippen LogP contribution in [-0.2, 0) is 0 Å². The third kappa shape index (κ3) is 4.32. The molecule has 0 aliphatic heterocycles. The normalized spacial score (nSPS) is 10.6. The van der Waals surface area contributed by atoms with Crippen LogP contribution in [0.1, 0.15) is 11.1 Å². The van der Waals surface area contributed by atoms with E-state index in [9.17, 15) is 4.79 Å². The molecule has 0 saturated heterocycles. The van der Waals surface area contributed by atoms with Crippen molar-refractivity contribution in [2.24, 2.45) is 0 Å². The summed E-state index contributed by atoms with van der Waals surface area (Å²) < 4.78 is 5.44. The standard InChI is InChI=1S/C23H20N4O2/c1-15-11-12-18(13-16(15)2)22-26-21(27-29-22)17-7-6-10-20(14-17)25-23(28)24-19-8-4-3-5-9-19/h3-14H,1-2H3,(H2,24,25,28). The maximum atomic E-state index is 12.2. The van der Waals surface area contributed by atoms with Gasteiger partial charge in [-0.15, -0.1) is 0 Å². The first kappa shape index (κ1) is 18.4. The highest BCUT2D eigenvalue weighted by Gasteiger charge is 2.12. The lowest BCUT2D eigenvalue weighted by Crippen LogP contribution is -2.19. The van der Waals surface area contributed by atoms with Gasteiger partial charge in [-0.2, -0.15) is 4.98 Å². The van der Waals surface area contributed by atoms with E-state index in [1.165, 1.54) is 5.56 Å². The summed E-state index contributed by atoms with van der Waals surface area (Å²) >= 11 is 0. The Bertz CT molecular complexity index is 1150. The molecular formula is C23H20N4O2. The van der Waals surface area contributed by atoms with Crippen LogP contribution in [0.15, 0.2) is 77.3 Å². The van der Waals surface area contributed by atoms with E-state index in [-0.39, 0.29) is 6.03 Å². The van der Waals surface area contributed by atoms with Gasteiger partial charge in [-0.1, -0.05) is 41.6 Å². The number of urea groups is 1. The summed E-state index contributed by atoms with van der Waals surface area (Å²) in [4.78, 5) is 16.7. The molecule has 4 rings (SSSR count). The van der Waals surface area contributed by atoms with Crippen molar-refractivity contribution in [3.63, 3.8) is 0 Å². The van der Waals surface area contributed by atoms with Crippen molar-refractivity contribution in [2.75, 3.05) is 10.6 Å². The van der Waals surface area contributed by atoms with E-state index in [1.54, 1.807) is 12.1 Å². The van der Waals surface area contributed by atoms with E-state index < -0.39 is 0 Å². The maximum absolute atomic E-state index is 12.2. The van der Waals surface area contributed by atoms with Gasteiger partial charge in [0.05, 0.1) is 0 Å². The number of aryl methyl sites for hydroxylation is 2. The summed E-state index contributed by atoms with van der Waals surface area (Å²) in [6, 6.07) is 22.3. The van der Waals surface area contributed by atoms with Crippen LogP contribution < -0.4 is 10.6 Å². The van der Waals surface area contributed by atoms with E-state index in [4.69, 9.17) is 4.52 Å². The summed E-state index contributed by atoms with van der Waals surface area (Å²) in [6.07, 6.45) is 0. The Hall–Kier alpha value is -3.93. The molecule has 29 heavy (non-hydrogen) atoms. The summed E-state index contributed by atoms with van der Waals surface area (Å²) in [7, 11) is 0. The molecular weight excluding hydrogens is 364 g/mol. The van der Waals surface area contributed by atoms with Gasteiger partial charge in [-0.3, -0.25) is 0 Å². The molecule has 0 aliphatic rings. The smallest absolute Gasteiger partial charge is 0.323 e. The van der Waals surface area contributed by atoms with Crippen molar-refractivity contribution in [3.05, 3.63) is 83.9 Å². The lowest BCUT2D eigenvalue weighted by atomic mass is 10.1. The third-order valence-electron chi connectivity index (χ3n) is 4.59. The predicted molar refractivity (Wildman–Crippen MR) is 114 cm³/mol. The fourth-order valence-electron chi connectivity index (χ4n) is 2.88. The molecule has 144 valence electrons. The van der Waals surface area contributed by atoms with Crippen LogP contribution >= 0.6 is 0 Å². The molecule has 0 radical (unpaired) electrons. The van der Waals surface area contributed by atoms with Gasteiger partial charge < -0.3 is 15.2 Å². The van der Waals surface area contributed by atoms with Gasteiger partial charge >= 0.3 is 6.03 Å². The number of nitrogens with zero attached hydrogens (tertiary/aromatic N) is 2. The highest BCUT2D eigenvalue weighted by molar-refractivity contribution is 6.00. The average molecular weight is 384 g/mol. The molecule has 6 nitrogen and oxygen atoms in total. The monoisotopic (exact) mass is 384 g/mol. The van der Waals surface area contributed by atoms with E-state index in [1.807, 2.05) is 67.6 Å². The summed E-state index contributed by atoms with van der Waals surface area (Å²) in [6.45, 7) is 4.11. The van der Waals surface area contributed by atoms with Gasteiger partial charge in [0.1, 0.15) is 0 Å². The largest absolute Gasteiger partial charge is 0.334 e. The first-order valence-electron chi connectivity index (χ1n) is 9.23. The van der Waals surface area contributed by atoms with Crippen molar-refractivity contribution in [1.29, 1.82) is 0 Å². The van der Waals surface area contributed by atoms with Gasteiger partial charge in [0, 0.05) is 22.5 Å². The predicted octanol–water partition coefficient (Wildman–Crippen LogP) is 5.66. The van der Waals surface area contributed by atoms with Crippen LogP contribution in [0.25, 0.3) is 22.8 Å². The maximum Gasteiger partial charge on any atom is 0.323 e. The number of hydrogen-bond donors (Lipinski definition) is 2. The number of carbonyl (C=O) groups is 1. The number of para-hydroxylation sites is 1. The average Bonchev–Trinajstić information content (AvgIpc) is 3.21. The lowest BCUT2D eigenvalue weighted by Gasteiger charge is -2.08. The summed E-state index contributed by atoms with van der Waals surface area (Å²) in [5.41, 5.74) is 5.36. The molecule has 2 N–H and O–H groups in total. The Balaban J connectivity index is 1.51. The van der Waals surface area contributed by atoms with Gasteiger partial charge in [0.15, 0.2) is 0 Å². The SMILES string of the molecule is Cc1ccc(-c2nc(-c3cccc(NC(=O)Nc4ccccc4)c3)no2)cc1C. The Morgan fingerprint density at radius 3 is 2.34 bits per heavy atom. The topological polar surface area (TPSA) is 80.0 Å². The fourth-order valence-corrected chi connectivity index (χ4v) is 2.88. The van der Waals surface area contributed by atoms with Crippen molar-refractivity contribution >= 4 is 17.4 Å². The number of hydrogen-bond acceptors (Lipinski definition) is 4. The van der Waals surface area contributed by atoms with Gasteiger partial charge in [0.25, 0.3) is 5.89 Å². The molecule has 0 bridgehead atoms. The number of amides is 2. The minimum absolute atomic E-state index is 0.322. The molecule has 2 amide bonds. The lowest BCUT2D eigenvalue weighted by molar-refractivity contribution is 0.262. The third-order valence-corrected chi connectivity index (χ3v) is 4.59. The molecule has 0 aliphatic carbocycles. The number of benzene rings is 3. The van der Waals surface area contributed by atoms with E-state index in [0.717, 1.165) is 22.4 Å². The van der Waals surface area contributed by atoms with E-state index >= 15 is 0 Å². The Labute approximate surface area is 168 Å². The highest BCUT2D eigenvalue weighted by atomic mass is 16.5. The molecule has 0 atom stereocenters. The zero-order chi connectivity index (χ0) is 20.2. The first-order valence-corrected chi connectivity index (χ1v) is 9.23. The van der Waals surface area contributed by atoms with Crippen molar-refractivity contribution in [3.8, 4) is 22.8 Å².